The number of benzene rings is 3. The monoisotopic (exact) mass is 322 g/mol. The van der Waals surface area contributed by atoms with Crippen LogP contribution in [0.1, 0.15) is 41.5 Å². The molecule has 0 bridgehead atoms. The topological polar surface area (TPSA) is 0 Å². The summed E-state index contributed by atoms with van der Waals surface area (Å²) < 4.78 is 0. The lowest BCUT2D eigenvalue weighted by molar-refractivity contribution is 0.715. The van der Waals surface area contributed by atoms with Crippen LogP contribution >= 0.6 is 7.92 Å². The zero-order chi connectivity index (χ0) is 16.8. The smallest absolute Gasteiger partial charge is 0.00739 e. The molecule has 3 aromatic carbocycles. The van der Waals surface area contributed by atoms with Crippen LogP contribution in [0.2, 0.25) is 0 Å². The third kappa shape index (κ3) is 3.02. The van der Waals surface area contributed by atoms with Gasteiger partial charge in [-0.2, -0.15) is 0 Å². The van der Waals surface area contributed by atoms with Crippen LogP contribution < -0.4 is 5.30 Å². The first-order chi connectivity index (χ1) is 10.7. The quantitative estimate of drug-likeness (QED) is 0.345. The van der Waals surface area contributed by atoms with Crippen LogP contribution in [0.5, 0.6) is 0 Å². The summed E-state index contributed by atoms with van der Waals surface area (Å²) in [5, 5.41) is 7.70. The van der Waals surface area contributed by atoms with E-state index in [1.54, 1.807) is 5.30 Å². The molecule has 0 saturated heterocycles. The van der Waals surface area contributed by atoms with E-state index in [1.165, 1.54) is 21.5 Å². The minimum atomic E-state index is -0.337. The van der Waals surface area contributed by atoms with E-state index in [0.29, 0.717) is 0 Å². The van der Waals surface area contributed by atoms with Crippen molar-refractivity contribution in [3.05, 3.63) is 54.6 Å². The summed E-state index contributed by atoms with van der Waals surface area (Å²) in [6.45, 7) is 14.4. The van der Waals surface area contributed by atoms with Crippen molar-refractivity contribution in [3.63, 3.8) is 0 Å². The first-order valence-electron chi connectivity index (χ1n) is 8.40. The van der Waals surface area contributed by atoms with Crippen LogP contribution in [-0.2, 0) is 0 Å². The summed E-state index contributed by atoms with van der Waals surface area (Å²) >= 11 is 0. The SMILES string of the molecule is CC(C)(C)P(c1c2ccccc2cc2ccccc12)C(C)(C)C. The Balaban J connectivity index is 2.49. The predicted molar refractivity (Wildman–Crippen MR) is 108 cm³/mol. The first kappa shape index (κ1) is 16.5. The van der Waals surface area contributed by atoms with Crippen molar-refractivity contribution in [2.45, 2.75) is 51.9 Å². The van der Waals surface area contributed by atoms with Gasteiger partial charge in [-0.1, -0.05) is 98.0 Å². The zero-order valence-electron chi connectivity index (χ0n) is 15.1. The molecule has 0 fully saturated rings. The molecule has 0 aliphatic heterocycles. The minimum absolute atomic E-state index is 0.264. The fourth-order valence-corrected chi connectivity index (χ4v) is 8.15. The lowest BCUT2D eigenvalue weighted by Crippen LogP contribution is -2.31. The molecule has 0 radical (unpaired) electrons. The number of rotatable bonds is 1. The summed E-state index contributed by atoms with van der Waals surface area (Å²) in [5.74, 6) is 0. The maximum absolute atomic E-state index is 2.40. The predicted octanol–water partition coefficient (Wildman–Crippen LogP) is 6.70. The van der Waals surface area contributed by atoms with Gasteiger partial charge in [0, 0.05) is 0 Å². The molecule has 3 aromatic rings. The molecule has 120 valence electrons. The number of hydrogen-bond acceptors (Lipinski definition) is 0. The number of fused-ring (bicyclic) bond motifs is 2. The number of hydrogen-bond donors (Lipinski definition) is 0. The lowest BCUT2D eigenvalue weighted by atomic mass is 10.0. The molecule has 0 aromatic heterocycles. The van der Waals surface area contributed by atoms with Gasteiger partial charge in [0.05, 0.1) is 0 Å². The second kappa shape index (κ2) is 5.60. The second-order valence-electron chi connectivity index (χ2n) is 8.34. The lowest BCUT2D eigenvalue weighted by Gasteiger charge is -2.43. The van der Waals surface area contributed by atoms with Crippen LogP contribution in [0.15, 0.2) is 54.6 Å². The Hall–Kier alpha value is -1.39. The molecule has 23 heavy (non-hydrogen) atoms. The molecule has 0 heterocycles. The Morgan fingerprint density at radius 1 is 0.609 bits per heavy atom. The van der Waals surface area contributed by atoms with Crippen molar-refractivity contribution in [2.75, 3.05) is 0 Å². The van der Waals surface area contributed by atoms with Crippen molar-refractivity contribution >= 4 is 34.8 Å². The third-order valence-corrected chi connectivity index (χ3v) is 7.92. The van der Waals surface area contributed by atoms with Gasteiger partial charge in [0.25, 0.3) is 0 Å². The highest BCUT2D eigenvalue weighted by molar-refractivity contribution is 7.69. The van der Waals surface area contributed by atoms with Gasteiger partial charge in [-0.15, -0.1) is 0 Å². The summed E-state index contributed by atoms with van der Waals surface area (Å²) in [6, 6.07) is 20.1. The van der Waals surface area contributed by atoms with Crippen molar-refractivity contribution < 1.29 is 0 Å². The highest BCUT2D eigenvalue weighted by Crippen LogP contribution is 2.60. The van der Waals surface area contributed by atoms with E-state index >= 15 is 0 Å². The minimum Gasteiger partial charge on any atom is -0.0629 e. The molecule has 0 aliphatic carbocycles. The van der Waals surface area contributed by atoms with E-state index in [1.807, 2.05) is 0 Å². The highest BCUT2D eigenvalue weighted by Gasteiger charge is 2.37. The molecule has 0 nitrogen and oxygen atoms in total. The average Bonchev–Trinajstić information content (AvgIpc) is 2.44. The van der Waals surface area contributed by atoms with Gasteiger partial charge in [0.2, 0.25) is 0 Å². The summed E-state index contributed by atoms with van der Waals surface area (Å²) in [7, 11) is -0.337. The van der Waals surface area contributed by atoms with E-state index in [-0.39, 0.29) is 18.2 Å². The maximum atomic E-state index is 2.40. The summed E-state index contributed by atoms with van der Waals surface area (Å²) in [4.78, 5) is 0. The van der Waals surface area contributed by atoms with Crippen molar-refractivity contribution in [2.24, 2.45) is 0 Å². The Morgan fingerprint density at radius 2 is 1.00 bits per heavy atom. The molecule has 0 saturated carbocycles. The Bertz CT molecular complexity index is 779. The third-order valence-electron chi connectivity index (χ3n) is 4.31. The molecule has 0 unspecified atom stereocenters. The standard InChI is InChI=1S/C22H27P/c1-21(2,3)23(22(4,5)6)20-18-13-9-7-11-16(18)15-17-12-8-10-14-19(17)20/h7-15H,1-6H3. The normalized spacial score (nSPS) is 13.2. The van der Waals surface area contributed by atoms with Gasteiger partial charge < -0.3 is 0 Å². The van der Waals surface area contributed by atoms with E-state index < -0.39 is 0 Å². The second-order valence-corrected chi connectivity index (χ2v) is 12.1. The first-order valence-corrected chi connectivity index (χ1v) is 9.74. The van der Waals surface area contributed by atoms with Crippen LogP contribution in [0.3, 0.4) is 0 Å². The molecule has 0 spiro atoms. The Labute approximate surface area is 141 Å². The van der Waals surface area contributed by atoms with Crippen molar-refractivity contribution in [3.8, 4) is 0 Å². The van der Waals surface area contributed by atoms with Crippen LogP contribution in [0.4, 0.5) is 0 Å². The largest absolute Gasteiger partial charge is 0.0629 e. The van der Waals surface area contributed by atoms with Gasteiger partial charge in [-0.05, 0) is 43.2 Å². The van der Waals surface area contributed by atoms with Gasteiger partial charge in [0.1, 0.15) is 0 Å². The van der Waals surface area contributed by atoms with Crippen LogP contribution in [-0.4, -0.2) is 10.3 Å². The Kier molecular flexibility index (Phi) is 4.01. The Morgan fingerprint density at radius 3 is 1.39 bits per heavy atom. The molecule has 0 N–H and O–H groups in total. The molecule has 1 heteroatoms. The van der Waals surface area contributed by atoms with Gasteiger partial charge in [-0.25, -0.2) is 0 Å². The van der Waals surface area contributed by atoms with E-state index in [9.17, 15) is 0 Å². The average molecular weight is 322 g/mol. The van der Waals surface area contributed by atoms with E-state index in [0.717, 1.165) is 0 Å². The van der Waals surface area contributed by atoms with Gasteiger partial charge in [-0.3, -0.25) is 0 Å². The van der Waals surface area contributed by atoms with Crippen molar-refractivity contribution in [1.29, 1.82) is 0 Å². The van der Waals surface area contributed by atoms with E-state index in [4.69, 9.17) is 0 Å². The van der Waals surface area contributed by atoms with Crippen molar-refractivity contribution in [1.82, 2.24) is 0 Å². The molecule has 3 rings (SSSR count). The van der Waals surface area contributed by atoms with Crippen LogP contribution in [0, 0.1) is 0 Å². The molecule has 0 amide bonds. The highest BCUT2D eigenvalue weighted by atomic mass is 31.1. The molecule has 0 atom stereocenters. The summed E-state index contributed by atoms with van der Waals surface area (Å²) in [5.41, 5.74) is 0. The molecular weight excluding hydrogens is 295 g/mol. The van der Waals surface area contributed by atoms with E-state index in [2.05, 4.69) is 96.1 Å². The fourth-order valence-electron chi connectivity index (χ4n) is 3.91. The summed E-state index contributed by atoms with van der Waals surface area (Å²) in [6.07, 6.45) is 0. The van der Waals surface area contributed by atoms with Gasteiger partial charge >= 0.3 is 0 Å². The molecular formula is C22H27P. The molecule has 0 aliphatic rings. The fraction of sp³-hybridized carbons (Fsp3) is 0.364. The van der Waals surface area contributed by atoms with Gasteiger partial charge in [0.15, 0.2) is 0 Å². The van der Waals surface area contributed by atoms with Crippen LogP contribution in [0.25, 0.3) is 21.5 Å². The maximum Gasteiger partial charge on any atom is -0.00739 e. The zero-order valence-corrected chi connectivity index (χ0v) is 16.0.